The van der Waals surface area contributed by atoms with Crippen molar-refractivity contribution in [1.29, 1.82) is 0 Å². The fourth-order valence-electron chi connectivity index (χ4n) is 5.99. The average Bonchev–Trinajstić information content (AvgIpc) is 3.72. The topological polar surface area (TPSA) is 101 Å². The number of carbonyl (C=O) groups is 3. The second-order valence-corrected chi connectivity index (χ2v) is 11.4. The van der Waals surface area contributed by atoms with E-state index in [1.807, 2.05) is 70.1 Å². The Morgan fingerprint density at radius 1 is 1.15 bits per heavy atom. The van der Waals surface area contributed by atoms with Crippen molar-refractivity contribution in [3.05, 3.63) is 82.2 Å². The van der Waals surface area contributed by atoms with Gasteiger partial charge >= 0.3 is 0 Å². The second kappa shape index (κ2) is 11.5. The van der Waals surface area contributed by atoms with Gasteiger partial charge in [0.15, 0.2) is 0 Å². The van der Waals surface area contributed by atoms with Crippen LogP contribution >= 0.6 is 11.3 Å². The fourth-order valence-corrected chi connectivity index (χ4v) is 6.64. The van der Waals surface area contributed by atoms with Gasteiger partial charge < -0.3 is 25.4 Å². The van der Waals surface area contributed by atoms with Crippen LogP contribution in [0.5, 0.6) is 0 Å². The van der Waals surface area contributed by atoms with E-state index in [1.165, 1.54) is 0 Å². The standard InChI is InChI=1S/C31H32FN5O3S/c32-11-13-35-18-22(23-6-1-2-7-26(23)35)15-24(33)30(39)34-25-16-21-5-3-8-27(36-12-4-9-28(36)38)29(21)37(31(25)40)17-20-10-14-41-19-20/h1-3,5-8,10,14,18-19,24-25H,4,9,11-13,15-17,33H2,(H,34,39)/t24-,25?/m1/s1. The first-order chi connectivity index (χ1) is 19.9. The Kier molecular flexibility index (Phi) is 7.59. The minimum atomic E-state index is -0.896. The molecule has 1 saturated heterocycles. The van der Waals surface area contributed by atoms with Gasteiger partial charge in [-0.3, -0.25) is 14.4 Å². The summed E-state index contributed by atoms with van der Waals surface area (Å²) in [5.74, 6) is -0.603. The Balaban J connectivity index is 1.26. The van der Waals surface area contributed by atoms with Crippen LogP contribution < -0.4 is 20.9 Å². The number of benzene rings is 2. The molecule has 0 radical (unpaired) electrons. The maximum absolute atomic E-state index is 14.0. The number of hydrogen-bond acceptors (Lipinski definition) is 5. The molecule has 1 unspecified atom stereocenters. The predicted octanol–water partition coefficient (Wildman–Crippen LogP) is 3.94. The first-order valence-electron chi connectivity index (χ1n) is 13.9. The summed E-state index contributed by atoms with van der Waals surface area (Å²) in [4.78, 5) is 43.4. The number of carbonyl (C=O) groups excluding carboxylic acids is 3. The Morgan fingerprint density at radius 2 is 2.00 bits per heavy atom. The molecule has 2 aromatic heterocycles. The molecule has 8 nitrogen and oxygen atoms in total. The number of rotatable bonds is 9. The smallest absolute Gasteiger partial charge is 0.250 e. The summed E-state index contributed by atoms with van der Waals surface area (Å²) in [7, 11) is 0. The summed E-state index contributed by atoms with van der Waals surface area (Å²) in [5.41, 5.74) is 11.5. The van der Waals surface area contributed by atoms with Crippen LogP contribution in [-0.4, -0.2) is 47.6 Å². The molecule has 0 saturated carbocycles. The largest absolute Gasteiger partial charge is 0.345 e. The zero-order chi connectivity index (χ0) is 28.5. The SMILES string of the molecule is N[C@H](Cc1cn(CCF)c2ccccc12)C(=O)NC1Cc2cccc(N3CCCC3=O)c2N(Cc2ccsc2)C1=O. The zero-order valence-corrected chi connectivity index (χ0v) is 23.4. The molecular formula is C31H32FN5O3S. The third kappa shape index (κ3) is 5.25. The van der Waals surface area contributed by atoms with Crippen LogP contribution in [0.3, 0.4) is 0 Å². The van der Waals surface area contributed by atoms with E-state index in [2.05, 4.69) is 5.32 Å². The molecule has 2 atom stereocenters. The van der Waals surface area contributed by atoms with Crippen molar-refractivity contribution < 1.29 is 18.8 Å². The number of fused-ring (bicyclic) bond motifs is 2. The van der Waals surface area contributed by atoms with Crippen LogP contribution in [0.2, 0.25) is 0 Å². The summed E-state index contributed by atoms with van der Waals surface area (Å²) < 4.78 is 15.0. The number of anilines is 2. The lowest BCUT2D eigenvalue weighted by molar-refractivity contribution is -0.128. The maximum atomic E-state index is 14.0. The Labute approximate surface area is 241 Å². The van der Waals surface area contributed by atoms with E-state index in [9.17, 15) is 18.8 Å². The summed E-state index contributed by atoms with van der Waals surface area (Å²) in [6, 6.07) is 13.7. The molecule has 4 heterocycles. The fraction of sp³-hybridized carbons (Fsp3) is 0.323. The number of nitrogens with zero attached hydrogens (tertiary/aromatic N) is 3. The van der Waals surface area contributed by atoms with Crippen LogP contribution in [0.25, 0.3) is 10.9 Å². The molecule has 41 heavy (non-hydrogen) atoms. The van der Waals surface area contributed by atoms with Gasteiger partial charge in [-0.05, 0) is 58.5 Å². The molecule has 212 valence electrons. The van der Waals surface area contributed by atoms with Gasteiger partial charge in [-0.25, -0.2) is 4.39 Å². The van der Waals surface area contributed by atoms with E-state index in [1.54, 1.807) is 21.1 Å². The Bertz CT molecular complexity index is 1600. The number of nitrogens with two attached hydrogens (primary N) is 1. The number of alkyl halides is 1. The first kappa shape index (κ1) is 27.2. The molecule has 1 fully saturated rings. The first-order valence-corrected chi connectivity index (χ1v) is 14.8. The number of nitrogens with one attached hydrogen (secondary N) is 1. The molecule has 0 bridgehead atoms. The second-order valence-electron chi connectivity index (χ2n) is 10.6. The molecule has 0 spiro atoms. The van der Waals surface area contributed by atoms with Crippen molar-refractivity contribution in [2.75, 3.05) is 23.0 Å². The van der Waals surface area contributed by atoms with Crippen molar-refractivity contribution in [3.63, 3.8) is 0 Å². The molecule has 2 aliphatic heterocycles. The molecule has 3 N–H and O–H groups in total. The zero-order valence-electron chi connectivity index (χ0n) is 22.6. The highest BCUT2D eigenvalue weighted by atomic mass is 32.1. The van der Waals surface area contributed by atoms with Crippen LogP contribution in [0.4, 0.5) is 15.8 Å². The van der Waals surface area contributed by atoms with E-state index in [0.29, 0.717) is 25.9 Å². The molecule has 6 rings (SSSR count). The van der Waals surface area contributed by atoms with Gasteiger partial charge in [-0.1, -0.05) is 30.3 Å². The van der Waals surface area contributed by atoms with E-state index in [-0.39, 0.29) is 24.8 Å². The minimum absolute atomic E-state index is 0.0515. The van der Waals surface area contributed by atoms with Gasteiger partial charge in [0.05, 0.1) is 30.5 Å². The third-order valence-corrected chi connectivity index (χ3v) is 8.66. The van der Waals surface area contributed by atoms with Gasteiger partial charge in [0, 0.05) is 36.5 Å². The normalized spacial score (nSPS) is 17.8. The number of halogens is 1. The number of aromatic nitrogens is 1. The summed E-state index contributed by atoms with van der Waals surface area (Å²) in [6.07, 6.45) is 3.68. The highest BCUT2D eigenvalue weighted by Gasteiger charge is 2.38. The van der Waals surface area contributed by atoms with E-state index >= 15 is 0 Å². The van der Waals surface area contributed by atoms with Gasteiger partial charge in [-0.15, -0.1) is 0 Å². The monoisotopic (exact) mass is 573 g/mol. The molecule has 0 aliphatic carbocycles. The van der Waals surface area contributed by atoms with E-state index in [0.717, 1.165) is 45.4 Å². The number of hydrogen-bond donors (Lipinski definition) is 2. The lowest BCUT2D eigenvalue weighted by Gasteiger charge is -2.37. The molecular weight excluding hydrogens is 541 g/mol. The number of aryl methyl sites for hydroxylation is 1. The van der Waals surface area contributed by atoms with Crippen LogP contribution in [0, 0.1) is 0 Å². The maximum Gasteiger partial charge on any atom is 0.250 e. The third-order valence-electron chi connectivity index (χ3n) is 7.93. The van der Waals surface area contributed by atoms with Crippen molar-refractivity contribution in [3.8, 4) is 0 Å². The van der Waals surface area contributed by atoms with Crippen molar-refractivity contribution in [1.82, 2.24) is 9.88 Å². The van der Waals surface area contributed by atoms with Gasteiger partial charge in [-0.2, -0.15) is 11.3 Å². The summed E-state index contributed by atoms with van der Waals surface area (Å²) in [5, 5.41) is 7.80. The summed E-state index contributed by atoms with van der Waals surface area (Å²) >= 11 is 1.55. The molecule has 2 aliphatic rings. The lowest BCUT2D eigenvalue weighted by Crippen LogP contribution is -2.56. The van der Waals surface area contributed by atoms with Crippen molar-refractivity contribution in [2.24, 2.45) is 5.73 Å². The van der Waals surface area contributed by atoms with Crippen molar-refractivity contribution >= 4 is 51.3 Å². The lowest BCUT2D eigenvalue weighted by atomic mass is 9.94. The van der Waals surface area contributed by atoms with Gasteiger partial charge in [0.2, 0.25) is 17.7 Å². The average molecular weight is 574 g/mol. The van der Waals surface area contributed by atoms with Gasteiger partial charge in [0.25, 0.3) is 0 Å². The number of para-hydroxylation sites is 2. The Hall–Kier alpha value is -4.02. The van der Waals surface area contributed by atoms with E-state index < -0.39 is 24.7 Å². The van der Waals surface area contributed by atoms with Crippen LogP contribution in [0.1, 0.15) is 29.5 Å². The minimum Gasteiger partial charge on any atom is -0.345 e. The number of amides is 3. The molecule has 2 aromatic carbocycles. The van der Waals surface area contributed by atoms with Crippen LogP contribution in [-0.2, 0) is 40.3 Å². The Morgan fingerprint density at radius 3 is 2.76 bits per heavy atom. The predicted molar refractivity (Wildman–Crippen MR) is 159 cm³/mol. The quantitative estimate of drug-likeness (QED) is 0.317. The molecule has 3 amide bonds. The molecule has 4 aromatic rings. The number of thiophene rings is 1. The highest BCUT2D eigenvalue weighted by molar-refractivity contribution is 7.07. The van der Waals surface area contributed by atoms with Crippen LogP contribution in [0.15, 0.2) is 65.5 Å². The summed E-state index contributed by atoms with van der Waals surface area (Å²) in [6.45, 7) is 0.682. The van der Waals surface area contributed by atoms with E-state index in [4.69, 9.17) is 5.73 Å². The highest BCUT2D eigenvalue weighted by Crippen LogP contribution is 2.40. The van der Waals surface area contributed by atoms with Crippen molar-refractivity contribution in [2.45, 2.75) is 50.9 Å². The van der Waals surface area contributed by atoms with Gasteiger partial charge in [0.1, 0.15) is 12.7 Å². The molecule has 10 heteroatoms.